The Bertz CT molecular complexity index is 424. The van der Waals surface area contributed by atoms with E-state index in [1.807, 2.05) is 27.7 Å². The van der Waals surface area contributed by atoms with Gasteiger partial charge in [-0.15, -0.1) is 5.10 Å². The number of nitrogens with one attached hydrogen (secondary N) is 3. The fourth-order valence-electron chi connectivity index (χ4n) is 1.32. The number of anilines is 1. The Kier molecular flexibility index (Phi) is 4.88. The summed E-state index contributed by atoms with van der Waals surface area (Å²) >= 11 is 0. The monoisotopic (exact) mass is 269 g/mol. The van der Waals surface area contributed by atoms with Crippen molar-refractivity contribution in [2.45, 2.75) is 52.2 Å². The van der Waals surface area contributed by atoms with Gasteiger partial charge in [0.2, 0.25) is 11.8 Å². The van der Waals surface area contributed by atoms with E-state index in [4.69, 9.17) is 4.42 Å². The van der Waals surface area contributed by atoms with Crippen LogP contribution in [0.2, 0.25) is 0 Å². The topological polar surface area (TPSA) is 92.1 Å². The molecule has 0 radical (unpaired) electrons. The summed E-state index contributed by atoms with van der Waals surface area (Å²) in [6.45, 7) is 9.44. The largest absolute Gasteiger partial charge is 0.406 e. The number of hydrogen-bond donors (Lipinski definition) is 3. The molecule has 1 aromatic heterocycles. The first-order chi connectivity index (χ1) is 8.73. The van der Waals surface area contributed by atoms with Crippen molar-refractivity contribution in [2.75, 3.05) is 12.4 Å². The Labute approximate surface area is 113 Å². The maximum atomic E-state index is 11.9. The highest BCUT2D eigenvalue weighted by Gasteiger charge is 2.21. The molecule has 0 saturated carbocycles. The zero-order valence-electron chi connectivity index (χ0n) is 12.4. The zero-order chi connectivity index (χ0) is 14.6. The van der Waals surface area contributed by atoms with Crippen molar-refractivity contribution >= 4 is 11.9 Å². The van der Waals surface area contributed by atoms with E-state index in [2.05, 4.69) is 26.1 Å². The quantitative estimate of drug-likeness (QED) is 0.740. The van der Waals surface area contributed by atoms with Crippen LogP contribution in [0.15, 0.2) is 4.42 Å². The SMILES string of the molecule is CNC(C)c1nnc(NC(C)C(=O)NC(C)(C)C)o1. The Balaban J connectivity index is 2.59. The lowest BCUT2D eigenvalue weighted by atomic mass is 10.1. The molecule has 7 heteroatoms. The third-order valence-corrected chi connectivity index (χ3v) is 2.48. The van der Waals surface area contributed by atoms with E-state index in [9.17, 15) is 4.79 Å². The molecule has 3 N–H and O–H groups in total. The highest BCUT2D eigenvalue weighted by Crippen LogP contribution is 2.13. The molecule has 0 spiro atoms. The normalized spacial score (nSPS) is 14.8. The maximum Gasteiger partial charge on any atom is 0.316 e. The average Bonchev–Trinajstić information content (AvgIpc) is 2.74. The second-order valence-electron chi connectivity index (χ2n) is 5.56. The van der Waals surface area contributed by atoms with E-state index in [1.54, 1.807) is 14.0 Å². The molecule has 0 aliphatic heterocycles. The molecule has 7 nitrogen and oxygen atoms in total. The van der Waals surface area contributed by atoms with Gasteiger partial charge in [0.25, 0.3) is 0 Å². The Morgan fingerprint density at radius 2 is 1.89 bits per heavy atom. The molecule has 0 aliphatic carbocycles. The van der Waals surface area contributed by atoms with Crippen LogP contribution in [0.3, 0.4) is 0 Å². The summed E-state index contributed by atoms with van der Waals surface area (Å²) in [5.74, 6) is 0.363. The minimum absolute atomic E-state index is 0.0262. The van der Waals surface area contributed by atoms with E-state index in [0.29, 0.717) is 5.89 Å². The van der Waals surface area contributed by atoms with Crippen LogP contribution in [-0.2, 0) is 4.79 Å². The van der Waals surface area contributed by atoms with Crippen LogP contribution in [-0.4, -0.2) is 34.7 Å². The van der Waals surface area contributed by atoms with Gasteiger partial charge in [0.15, 0.2) is 0 Å². The molecule has 0 fully saturated rings. The summed E-state index contributed by atoms with van der Waals surface area (Å²) in [5.41, 5.74) is -0.270. The lowest BCUT2D eigenvalue weighted by Gasteiger charge is -2.23. The Hall–Kier alpha value is -1.63. The van der Waals surface area contributed by atoms with Gasteiger partial charge in [0, 0.05) is 5.54 Å². The van der Waals surface area contributed by atoms with Crippen LogP contribution in [0, 0.1) is 0 Å². The highest BCUT2D eigenvalue weighted by molar-refractivity contribution is 5.84. The summed E-state index contributed by atoms with van der Waals surface area (Å²) < 4.78 is 5.41. The molecular weight excluding hydrogens is 246 g/mol. The van der Waals surface area contributed by atoms with Crippen LogP contribution in [0.1, 0.15) is 46.6 Å². The number of carbonyl (C=O) groups is 1. The first-order valence-electron chi connectivity index (χ1n) is 6.32. The lowest BCUT2D eigenvalue weighted by molar-refractivity contribution is -0.122. The molecule has 1 amide bonds. The second-order valence-corrected chi connectivity index (χ2v) is 5.56. The van der Waals surface area contributed by atoms with Gasteiger partial charge in [-0.3, -0.25) is 4.79 Å². The van der Waals surface area contributed by atoms with Gasteiger partial charge >= 0.3 is 6.01 Å². The van der Waals surface area contributed by atoms with E-state index < -0.39 is 6.04 Å². The third-order valence-electron chi connectivity index (χ3n) is 2.48. The fourth-order valence-corrected chi connectivity index (χ4v) is 1.32. The van der Waals surface area contributed by atoms with Crippen molar-refractivity contribution in [3.05, 3.63) is 5.89 Å². The molecule has 0 aromatic carbocycles. The zero-order valence-corrected chi connectivity index (χ0v) is 12.4. The van der Waals surface area contributed by atoms with Gasteiger partial charge in [-0.2, -0.15) is 0 Å². The summed E-state index contributed by atoms with van der Waals surface area (Å²) in [5, 5.41) is 16.5. The van der Waals surface area contributed by atoms with Gasteiger partial charge in [0.1, 0.15) is 6.04 Å². The van der Waals surface area contributed by atoms with Crippen molar-refractivity contribution in [1.29, 1.82) is 0 Å². The Morgan fingerprint density at radius 1 is 1.26 bits per heavy atom. The molecule has 1 heterocycles. The number of aromatic nitrogens is 2. The average molecular weight is 269 g/mol. The van der Waals surface area contributed by atoms with Crippen molar-refractivity contribution in [3.63, 3.8) is 0 Å². The molecule has 0 aliphatic rings. The van der Waals surface area contributed by atoms with Crippen molar-refractivity contribution in [3.8, 4) is 0 Å². The first kappa shape index (κ1) is 15.4. The van der Waals surface area contributed by atoms with Gasteiger partial charge in [0.05, 0.1) is 6.04 Å². The van der Waals surface area contributed by atoms with E-state index in [1.165, 1.54) is 0 Å². The number of nitrogens with zero attached hydrogens (tertiary/aromatic N) is 2. The van der Waals surface area contributed by atoms with Crippen molar-refractivity contribution < 1.29 is 9.21 Å². The van der Waals surface area contributed by atoms with E-state index >= 15 is 0 Å². The lowest BCUT2D eigenvalue weighted by Crippen LogP contribution is -2.47. The van der Waals surface area contributed by atoms with Crippen LogP contribution in [0.4, 0.5) is 6.01 Å². The summed E-state index contributed by atoms with van der Waals surface area (Å²) in [6, 6.07) is -0.229. The molecular formula is C12H23N5O2. The van der Waals surface area contributed by atoms with Gasteiger partial charge in [-0.1, -0.05) is 5.10 Å². The molecule has 19 heavy (non-hydrogen) atoms. The first-order valence-corrected chi connectivity index (χ1v) is 6.32. The fraction of sp³-hybridized carbons (Fsp3) is 0.750. The van der Waals surface area contributed by atoms with Crippen LogP contribution in [0.5, 0.6) is 0 Å². The van der Waals surface area contributed by atoms with Crippen molar-refractivity contribution in [1.82, 2.24) is 20.8 Å². The van der Waals surface area contributed by atoms with E-state index in [0.717, 1.165) is 0 Å². The van der Waals surface area contributed by atoms with Gasteiger partial charge in [-0.05, 0) is 41.7 Å². The van der Waals surface area contributed by atoms with Crippen LogP contribution in [0.25, 0.3) is 0 Å². The number of hydrogen-bond acceptors (Lipinski definition) is 6. The summed E-state index contributed by atoms with van der Waals surface area (Å²) in [7, 11) is 1.81. The smallest absolute Gasteiger partial charge is 0.316 e. The number of amides is 1. The highest BCUT2D eigenvalue weighted by atomic mass is 16.4. The van der Waals surface area contributed by atoms with Crippen LogP contribution < -0.4 is 16.0 Å². The minimum atomic E-state index is -0.447. The third kappa shape index (κ3) is 4.86. The number of carbonyl (C=O) groups excluding carboxylic acids is 1. The standard InChI is InChI=1S/C12H23N5O2/c1-7(9(18)15-12(3,4)5)14-11-17-16-10(19-11)8(2)13-6/h7-8,13H,1-6H3,(H,14,17)(H,15,18). The molecule has 1 aromatic rings. The van der Waals surface area contributed by atoms with E-state index in [-0.39, 0.29) is 23.5 Å². The van der Waals surface area contributed by atoms with Crippen LogP contribution >= 0.6 is 0 Å². The molecule has 2 atom stereocenters. The summed E-state index contributed by atoms with van der Waals surface area (Å²) in [4.78, 5) is 11.9. The molecule has 0 saturated heterocycles. The predicted octanol–water partition coefficient (Wildman–Crippen LogP) is 1.07. The van der Waals surface area contributed by atoms with Gasteiger partial charge in [-0.25, -0.2) is 0 Å². The maximum absolute atomic E-state index is 11.9. The molecule has 108 valence electrons. The summed E-state index contributed by atoms with van der Waals surface area (Å²) in [6.07, 6.45) is 0. The number of rotatable bonds is 5. The van der Waals surface area contributed by atoms with Crippen molar-refractivity contribution in [2.24, 2.45) is 0 Å². The van der Waals surface area contributed by atoms with Gasteiger partial charge < -0.3 is 20.4 Å². The molecule has 0 bridgehead atoms. The Morgan fingerprint density at radius 3 is 2.42 bits per heavy atom. The second kappa shape index (κ2) is 6.01. The predicted molar refractivity (Wildman–Crippen MR) is 72.8 cm³/mol. The minimum Gasteiger partial charge on any atom is -0.406 e. The molecule has 2 unspecified atom stereocenters. The molecule has 1 rings (SSSR count).